The van der Waals surface area contributed by atoms with E-state index in [9.17, 15) is 4.79 Å². The first-order chi connectivity index (χ1) is 11.1. The highest BCUT2D eigenvalue weighted by molar-refractivity contribution is 6.02. The number of nitrogens with zero attached hydrogens (tertiary/aromatic N) is 3. The minimum atomic E-state index is -0.560. The standard InChI is InChI=1S/C16H17N5O2/c1-16(10-23-9-14(17)21-16)11-3-2-4-12(7-11)20-15(22)13-8-18-5-6-19-13/h2-8H,9-10H2,1H3,(H2,17,21)(H,20,22). The minimum Gasteiger partial charge on any atom is -0.386 e. The summed E-state index contributed by atoms with van der Waals surface area (Å²) in [6.07, 6.45) is 4.41. The lowest BCUT2D eigenvalue weighted by atomic mass is 9.92. The number of carbonyl (C=O) groups is 1. The summed E-state index contributed by atoms with van der Waals surface area (Å²) in [6, 6.07) is 7.45. The number of amidine groups is 1. The maximum absolute atomic E-state index is 12.1. The van der Waals surface area contributed by atoms with Crippen LogP contribution in [0.15, 0.2) is 47.8 Å². The normalized spacial score (nSPS) is 20.7. The molecule has 23 heavy (non-hydrogen) atoms. The molecule has 7 heteroatoms. The lowest BCUT2D eigenvalue weighted by Crippen LogP contribution is -2.37. The third kappa shape index (κ3) is 3.35. The molecule has 2 aromatic rings. The quantitative estimate of drug-likeness (QED) is 0.890. The van der Waals surface area contributed by atoms with Gasteiger partial charge in [-0.15, -0.1) is 0 Å². The van der Waals surface area contributed by atoms with Crippen molar-refractivity contribution in [1.82, 2.24) is 9.97 Å². The van der Waals surface area contributed by atoms with Gasteiger partial charge in [-0.1, -0.05) is 12.1 Å². The molecule has 0 saturated heterocycles. The molecular weight excluding hydrogens is 294 g/mol. The van der Waals surface area contributed by atoms with E-state index in [-0.39, 0.29) is 11.6 Å². The highest BCUT2D eigenvalue weighted by atomic mass is 16.5. The molecular formula is C16H17N5O2. The van der Waals surface area contributed by atoms with Crippen LogP contribution in [0, 0.1) is 0 Å². The summed E-state index contributed by atoms with van der Waals surface area (Å²) >= 11 is 0. The van der Waals surface area contributed by atoms with Gasteiger partial charge in [-0.3, -0.25) is 14.8 Å². The van der Waals surface area contributed by atoms with Crippen LogP contribution in [0.25, 0.3) is 0 Å². The molecule has 118 valence electrons. The number of ether oxygens (including phenoxy) is 1. The zero-order valence-electron chi connectivity index (χ0n) is 12.7. The molecule has 3 rings (SSSR count). The van der Waals surface area contributed by atoms with Gasteiger partial charge in [0.15, 0.2) is 0 Å². The Bertz CT molecular complexity index is 747. The van der Waals surface area contributed by atoms with Gasteiger partial charge in [0.05, 0.1) is 12.8 Å². The molecule has 1 aromatic carbocycles. The molecule has 0 spiro atoms. The van der Waals surface area contributed by atoms with Crippen molar-refractivity contribution < 1.29 is 9.53 Å². The molecule has 0 bridgehead atoms. The van der Waals surface area contributed by atoms with Gasteiger partial charge in [0.25, 0.3) is 5.91 Å². The Morgan fingerprint density at radius 3 is 3.00 bits per heavy atom. The average molecular weight is 311 g/mol. The van der Waals surface area contributed by atoms with Crippen LogP contribution in [0.4, 0.5) is 5.69 Å². The lowest BCUT2D eigenvalue weighted by Gasteiger charge is -2.30. The van der Waals surface area contributed by atoms with Crippen molar-refractivity contribution >= 4 is 17.4 Å². The summed E-state index contributed by atoms with van der Waals surface area (Å²) < 4.78 is 5.48. The van der Waals surface area contributed by atoms with Crippen molar-refractivity contribution in [2.75, 3.05) is 18.5 Å². The molecule has 3 N–H and O–H groups in total. The second-order valence-corrected chi connectivity index (χ2v) is 5.50. The van der Waals surface area contributed by atoms with Gasteiger partial charge in [-0.05, 0) is 24.6 Å². The van der Waals surface area contributed by atoms with E-state index in [2.05, 4.69) is 20.3 Å². The number of anilines is 1. The molecule has 1 unspecified atom stereocenters. The number of nitrogens with one attached hydrogen (secondary N) is 1. The first-order valence-electron chi connectivity index (χ1n) is 7.17. The van der Waals surface area contributed by atoms with Gasteiger partial charge in [-0.25, -0.2) is 4.98 Å². The fourth-order valence-corrected chi connectivity index (χ4v) is 2.43. The van der Waals surface area contributed by atoms with Crippen molar-refractivity contribution in [2.45, 2.75) is 12.5 Å². The summed E-state index contributed by atoms with van der Waals surface area (Å²) in [6.45, 7) is 2.73. The van der Waals surface area contributed by atoms with Crippen LogP contribution in [0.3, 0.4) is 0 Å². The summed E-state index contributed by atoms with van der Waals surface area (Å²) in [5.41, 5.74) is 7.05. The van der Waals surface area contributed by atoms with E-state index >= 15 is 0 Å². The molecule has 1 aliphatic heterocycles. The number of aromatic nitrogens is 2. The van der Waals surface area contributed by atoms with Crippen LogP contribution in [-0.2, 0) is 10.3 Å². The summed E-state index contributed by atoms with van der Waals surface area (Å²) in [5.74, 6) is 0.149. The zero-order valence-corrected chi connectivity index (χ0v) is 12.7. The van der Waals surface area contributed by atoms with Crippen LogP contribution in [-0.4, -0.2) is 34.9 Å². The van der Waals surface area contributed by atoms with E-state index < -0.39 is 5.54 Å². The second kappa shape index (κ2) is 6.13. The van der Waals surface area contributed by atoms with Gasteiger partial charge >= 0.3 is 0 Å². The van der Waals surface area contributed by atoms with Gasteiger partial charge in [-0.2, -0.15) is 0 Å². The van der Waals surface area contributed by atoms with Crippen molar-refractivity contribution in [3.8, 4) is 0 Å². The second-order valence-electron chi connectivity index (χ2n) is 5.50. The summed E-state index contributed by atoms with van der Waals surface area (Å²) in [4.78, 5) is 24.5. The first kappa shape index (κ1) is 15.1. The van der Waals surface area contributed by atoms with Crippen LogP contribution in [0.2, 0.25) is 0 Å². The van der Waals surface area contributed by atoms with Gasteiger partial charge in [0.2, 0.25) is 0 Å². The number of nitrogens with two attached hydrogens (primary N) is 1. The van der Waals surface area contributed by atoms with Crippen LogP contribution < -0.4 is 11.1 Å². The van der Waals surface area contributed by atoms with Crippen molar-refractivity contribution in [3.05, 3.63) is 54.1 Å². The van der Waals surface area contributed by atoms with E-state index in [0.29, 0.717) is 24.7 Å². The number of hydrogen-bond acceptors (Lipinski definition) is 6. The monoisotopic (exact) mass is 311 g/mol. The molecule has 7 nitrogen and oxygen atoms in total. The number of rotatable bonds is 3. The highest BCUT2D eigenvalue weighted by Gasteiger charge is 2.30. The fraction of sp³-hybridized carbons (Fsp3) is 0.250. The summed E-state index contributed by atoms with van der Waals surface area (Å²) in [7, 11) is 0. The van der Waals surface area contributed by atoms with Crippen molar-refractivity contribution in [2.24, 2.45) is 10.7 Å². The Morgan fingerprint density at radius 2 is 2.26 bits per heavy atom. The van der Waals surface area contributed by atoms with E-state index in [0.717, 1.165) is 5.56 Å². The third-order valence-corrected chi connectivity index (χ3v) is 3.56. The number of hydrogen-bond donors (Lipinski definition) is 2. The van der Waals surface area contributed by atoms with Crippen LogP contribution >= 0.6 is 0 Å². The maximum Gasteiger partial charge on any atom is 0.275 e. The molecule has 0 radical (unpaired) electrons. The highest BCUT2D eigenvalue weighted by Crippen LogP contribution is 2.29. The zero-order chi connectivity index (χ0) is 16.3. The lowest BCUT2D eigenvalue weighted by molar-refractivity contribution is 0.102. The molecule has 1 atom stereocenters. The van der Waals surface area contributed by atoms with E-state index in [1.807, 2.05) is 25.1 Å². The minimum absolute atomic E-state index is 0.257. The van der Waals surface area contributed by atoms with Gasteiger partial charge < -0.3 is 15.8 Å². The van der Waals surface area contributed by atoms with Crippen LogP contribution in [0.5, 0.6) is 0 Å². The van der Waals surface area contributed by atoms with Gasteiger partial charge in [0.1, 0.15) is 23.7 Å². The topological polar surface area (TPSA) is 102 Å². The van der Waals surface area contributed by atoms with Crippen LogP contribution in [0.1, 0.15) is 23.0 Å². The Labute approximate surface area is 133 Å². The average Bonchev–Trinajstić information content (AvgIpc) is 2.56. The molecule has 0 saturated carbocycles. The molecule has 0 fully saturated rings. The van der Waals surface area contributed by atoms with Crippen molar-refractivity contribution in [3.63, 3.8) is 0 Å². The van der Waals surface area contributed by atoms with E-state index in [1.165, 1.54) is 18.6 Å². The van der Waals surface area contributed by atoms with Crippen molar-refractivity contribution in [1.29, 1.82) is 0 Å². The predicted molar refractivity (Wildman–Crippen MR) is 86.2 cm³/mol. The Morgan fingerprint density at radius 1 is 1.39 bits per heavy atom. The predicted octanol–water partition coefficient (Wildman–Crippen LogP) is 1.33. The Balaban J connectivity index is 1.83. The third-order valence-electron chi connectivity index (χ3n) is 3.56. The first-order valence-corrected chi connectivity index (χ1v) is 7.17. The van der Waals surface area contributed by atoms with E-state index in [4.69, 9.17) is 10.5 Å². The number of amides is 1. The molecule has 2 heterocycles. The maximum atomic E-state index is 12.1. The number of aliphatic imine (C=N–C) groups is 1. The smallest absolute Gasteiger partial charge is 0.275 e. The number of carbonyl (C=O) groups excluding carboxylic acids is 1. The molecule has 1 aliphatic rings. The Hall–Kier alpha value is -2.80. The summed E-state index contributed by atoms with van der Waals surface area (Å²) in [5, 5.41) is 2.80. The fourth-order valence-electron chi connectivity index (χ4n) is 2.43. The van der Waals surface area contributed by atoms with E-state index in [1.54, 1.807) is 6.07 Å². The molecule has 1 amide bonds. The number of benzene rings is 1. The Kier molecular flexibility index (Phi) is 4.03. The van der Waals surface area contributed by atoms with Gasteiger partial charge in [0, 0.05) is 18.1 Å². The molecule has 0 aliphatic carbocycles. The molecule has 1 aromatic heterocycles. The SMILES string of the molecule is CC1(c2cccc(NC(=O)c3cnccn3)c2)COCC(N)=N1. The largest absolute Gasteiger partial charge is 0.386 e.